The van der Waals surface area contributed by atoms with Gasteiger partial charge < -0.3 is 43.4 Å². The van der Waals surface area contributed by atoms with Crippen molar-refractivity contribution < 1.29 is 42.1 Å². The van der Waals surface area contributed by atoms with Crippen LogP contribution < -0.4 is 10.6 Å². The average Bonchev–Trinajstić information content (AvgIpc) is 4.03. The van der Waals surface area contributed by atoms with Crippen LogP contribution in [0.3, 0.4) is 0 Å². The van der Waals surface area contributed by atoms with Crippen LogP contribution in [-0.4, -0.2) is 97.3 Å². The largest absolute Gasteiger partial charge is 0.436 e. The van der Waals surface area contributed by atoms with Crippen molar-refractivity contribution in [1.29, 1.82) is 0 Å². The van der Waals surface area contributed by atoms with E-state index >= 15 is 0 Å². The first kappa shape index (κ1) is 43.0. The smallest absolute Gasteiger partial charge is 0.247 e. The average molecular weight is 836 g/mol. The molecule has 0 bridgehead atoms. The number of carbonyl (C=O) groups excluding carboxylic acids is 4. The lowest BCUT2D eigenvalue weighted by Crippen LogP contribution is -2.44. The van der Waals surface area contributed by atoms with Crippen molar-refractivity contribution in [2.24, 2.45) is 0 Å². The molecule has 61 heavy (non-hydrogen) atoms. The van der Waals surface area contributed by atoms with Gasteiger partial charge in [-0.3, -0.25) is 19.2 Å². The molecule has 7 rings (SSSR count). The fraction of sp³-hybridized carbons (Fsp3) is 0.444. The van der Waals surface area contributed by atoms with Crippen LogP contribution in [0.4, 0.5) is 11.4 Å². The second-order valence-electron chi connectivity index (χ2n) is 17.7. The van der Waals surface area contributed by atoms with Crippen LogP contribution in [0.2, 0.25) is 0 Å². The molecule has 322 valence electrons. The third-order valence-corrected chi connectivity index (χ3v) is 10.2. The standard InChI is InChI=1S/C45H53N7O9/c1-26-17-32(60-49-26)21-39(53)51-24-34(58-44(3,4)5)19-36(51)41(55)47-30-13-9-28(10-14-30)38-23-46-43(57-38)29-11-15-31(16-12-29)48-42(56)37-20-35(59-45(6,7)8)25-52(37)40(54)22-33-18-27(2)50-61-33/h9-18,23,34-37H,19-22,24-25H2,1-8H3,(H,47,55)(H,48,56). The minimum Gasteiger partial charge on any atom is -0.436 e. The third kappa shape index (κ3) is 11.0. The van der Waals surface area contributed by atoms with E-state index in [0.717, 1.165) is 5.56 Å². The summed E-state index contributed by atoms with van der Waals surface area (Å²) in [5.41, 5.74) is 2.98. The summed E-state index contributed by atoms with van der Waals surface area (Å²) in [4.78, 5) is 61.7. The van der Waals surface area contributed by atoms with Crippen LogP contribution >= 0.6 is 0 Å². The first-order valence-electron chi connectivity index (χ1n) is 20.4. The van der Waals surface area contributed by atoms with E-state index in [1.165, 1.54) is 0 Å². The minimum absolute atomic E-state index is 0.00899. The van der Waals surface area contributed by atoms with Crippen LogP contribution in [0.1, 0.15) is 77.3 Å². The van der Waals surface area contributed by atoms with Gasteiger partial charge in [-0.25, -0.2) is 4.98 Å². The van der Waals surface area contributed by atoms with Crippen molar-refractivity contribution >= 4 is 35.0 Å². The summed E-state index contributed by atoms with van der Waals surface area (Å²) in [6.07, 6.45) is 1.69. The van der Waals surface area contributed by atoms with E-state index < -0.39 is 23.3 Å². The number of nitrogens with one attached hydrogen (secondary N) is 2. The monoisotopic (exact) mass is 835 g/mol. The van der Waals surface area contributed by atoms with E-state index in [-0.39, 0.29) is 61.8 Å². The number of ether oxygens (including phenoxy) is 2. The van der Waals surface area contributed by atoms with Gasteiger partial charge in [-0.05, 0) is 104 Å². The van der Waals surface area contributed by atoms with Gasteiger partial charge in [0.25, 0.3) is 0 Å². The number of likely N-dealkylation sites (tertiary alicyclic amines) is 2. The third-order valence-electron chi connectivity index (χ3n) is 10.2. The molecule has 0 aliphatic carbocycles. The van der Waals surface area contributed by atoms with Crippen molar-refractivity contribution in [3.63, 3.8) is 0 Å². The van der Waals surface area contributed by atoms with E-state index in [2.05, 4.69) is 25.9 Å². The molecule has 2 aliphatic heterocycles. The van der Waals surface area contributed by atoms with Gasteiger partial charge in [-0.1, -0.05) is 10.3 Å². The molecule has 16 heteroatoms. The molecular weight excluding hydrogens is 783 g/mol. The molecular formula is C45H53N7O9. The molecule has 16 nitrogen and oxygen atoms in total. The number of amides is 4. The molecule has 4 atom stereocenters. The molecule has 2 fully saturated rings. The number of benzene rings is 2. The highest BCUT2D eigenvalue weighted by Crippen LogP contribution is 2.31. The molecule has 2 saturated heterocycles. The van der Waals surface area contributed by atoms with Crippen molar-refractivity contribution in [2.75, 3.05) is 23.7 Å². The second-order valence-corrected chi connectivity index (χ2v) is 17.7. The minimum atomic E-state index is -0.736. The number of oxazole rings is 1. The predicted octanol–water partition coefficient (Wildman–Crippen LogP) is 6.53. The number of hydrogen-bond donors (Lipinski definition) is 2. The number of rotatable bonds is 12. The number of hydrogen-bond acceptors (Lipinski definition) is 12. The summed E-state index contributed by atoms with van der Waals surface area (Å²) in [6.45, 7) is 15.8. The molecule has 4 amide bonds. The van der Waals surface area contributed by atoms with Crippen molar-refractivity contribution in [1.82, 2.24) is 25.1 Å². The summed E-state index contributed by atoms with van der Waals surface area (Å²) in [5, 5.41) is 13.7. The fourth-order valence-corrected chi connectivity index (χ4v) is 7.72. The lowest BCUT2D eigenvalue weighted by Gasteiger charge is -2.25. The molecule has 0 radical (unpaired) electrons. The Balaban J connectivity index is 0.968. The Morgan fingerprint density at radius 1 is 0.672 bits per heavy atom. The van der Waals surface area contributed by atoms with Crippen LogP contribution in [0.5, 0.6) is 0 Å². The molecule has 2 N–H and O–H groups in total. The first-order chi connectivity index (χ1) is 28.9. The summed E-state index contributed by atoms with van der Waals surface area (Å²) >= 11 is 0. The van der Waals surface area contributed by atoms with Crippen molar-refractivity contribution in [2.45, 2.75) is 117 Å². The van der Waals surface area contributed by atoms with Crippen LogP contribution in [0.25, 0.3) is 22.8 Å². The van der Waals surface area contributed by atoms with Crippen LogP contribution in [-0.2, 0) is 41.5 Å². The topological polar surface area (TPSA) is 195 Å². The summed E-state index contributed by atoms with van der Waals surface area (Å²) in [7, 11) is 0. The normalized spacial score (nSPS) is 19.3. The maximum Gasteiger partial charge on any atom is 0.247 e. The van der Waals surface area contributed by atoms with Crippen LogP contribution in [0.15, 0.2) is 80.3 Å². The molecule has 0 spiro atoms. The van der Waals surface area contributed by atoms with E-state index in [1.54, 1.807) is 78.4 Å². The number of carbonyl (C=O) groups is 4. The molecule has 2 aromatic carbocycles. The maximum atomic E-state index is 13.7. The number of nitrogens with zero attached hydrogens (tertiary/aromatic N) is 5. The zero-order valence-electron chi connectivity index (χ0n) is 35.8. The zero-order valence-corrected chi connectivity index (χ0v) is 35.8. The van der Waals surface area contributed by atoms with Gasteiger partial charge in [-0.2, -0.15) is 0 Å². The molecule has 5 heterocycles. The van der Waals surface area contributed by atoms with Crippen LogP contribution in [0, 0.1) is 13.8 Å². The highest BCUT2D eigenvalue weighted by Gasteiger charge is 2.43. The maximum absolute atomic E-state index is 13.7. The molecule has 3 aromatic heterocycles. The zero-order chi connectivity index (χ0) is 43.6. The van der Waals surface area contributed by atoms with Crippen molar-refractivity contribution in [3.05, 3.63) is 89.8 Å². The molecule has 5 aromatic rings. The fourth-order valence-electron chi connectivity index (χ4n) is 7.72. The molecule has 4 unspecified atom stereocenters. The SMILES string of the molecule is Cc1cc(CC(=O)N2CC(OC(C)(C)C)CC2C(=O)Nc2ccc(-c3cnc(-c4ccc(NC(=O)C5CC(OC(C)(C)C)CN5C(=O)Cc5cc(C)no5)cc4)o3)cc2)on1. The highest BCUT2D eigenvalue weighted by molar-refractivity contribution is 5.99. The molecule has 2 aliphatic rings. The first-order valence-corrected chi connectivity index (χ1v) is 20.4. The van der Waals surface area contributed by atoms with Gasteiger partial charge in [0, 0.05) is 60.6 Å². The number of aromatic nitrogens is 3. The lowest BCUT2D eigenvalue weighted by molar-refractivity contribution is -0.136. The van der Waals surface area contributed by atoms with E-state index in [0.29, 0.717) is 64.3 Å². The number of aryl methyl sites for hydroxylation is 2. The predicted molar refractivity (Wildman–Crippen MR) is 224 cm³/mol. The Hall–Kier alpha value is -6.13. The van der Waals surface area contributed by atoms with E-state index in [1.807, 2.05) is 53.7 Å². The Bertz CT molecular complexity index is 2190. The Morgan fingerprint density at radius 2 is 1.10 bits per heavy atom. The Morgan fingerprint density at radius 3 is 1.49 bits per heavy atom. The highest BCUT2D eigenvalue weighted by atomic mass is 16.5. The molecule has 0 saturated carbocycles. The van der Waals surface area contributed by atoms with Gasteiger partial charge in [0.1, 0.15) is 23.6 Å². The Labute approximate surface area is 354 Å². The lowest BCUT2D eigenvalue weighted by atomic mass is 10.1. The van der Waals surface area contributed by atoms with Gasteiger partial charge in [-0.15, -0.1) is 0 Å². The Kier molecular flexibility index (Phi) is 12.3. The van der Waals surface area contributed by atoms with Gasteiger partial charge in [0.05, 0.1) is 53.8 Å². The summed E-state index contributed by atoms with van der Waals surface area (Å²) in [5.74, 6) is 0.638. The van der Waals surface area contributed by atoms with E-state index in [4.69, 9.17) is 22.9 Å². The van der Waals surface area contributed by atoms with E-state index in [9.17, 15) is 19.2 Å². The van der Waals surface area contributed by atoms with Gasteiger partial charge in [0.2, 0.25) is 29.5 Å². The summed E-state index contributed by atoms with van der Waals surface area (Å²) in [6, 6.07) is 16.2. The quantitative estimate of drug-likeness (QED) is 0.138. The summed E-state index contributed by atoms with van der Waals surface area (Å²) < 4.78 is 29.0. The van der Waals surface area contributed by atoms with Gasteiger partial charge in [0.15, 0.2) is 5.76 Å². The number of anilines is 2. The van der Waals surface area contributed by atoms with Crippen molar-refractivity contribution in [3.8, 4) is 22.8 Å². The van der Waals surface area contributed by atoms with Gasteiger partial charge >= 0.3 is 0 Å². The second kappa shape index (κ2) is 17.5.